The van der Waals surface area contributed by atoms with Crippen LogP contribution in [-0.4, -0.2) is 5.11 Å². The second-order valence-electron chi connectivity index (χ2n) is 5.79. The number of hydrogen-bond donors (Lipinski definition) is 2. The third-order valence-corrected chi connectivity index (χ3v) is 4.02. The number of phenolic OH excluding ortho intramolecular Hbond substituents is 1. The quantitative estimate of drug-likeness (QED) is 0.420. The van der Waals surface area contributed by atoms with E-state index >= 15 is 0 Å². The van der Waals surface area contributed by atoms with E-state index in [1.807, 2.05) is 30.3 Å². The molecule has 0 atom stereocenters. The van der Waals surface area contributed by atoms with Crippen molar-refractivity contribution < 1.29 is 14.3 Å². The van der Waals surface area contributed by atoms with Crippen molar-refractivity contribution in [1.29, 1.82) is 0 Å². The predicted octanol–water partition coefficient (Wildman–Crippen LogP) is 4.54. The molecule has 4 aromatic rings. The molecule has 0 saturated carbocycles. The summed E-state index contributed by atoms with van der Waals surface area (Å²) in [6.45, 7) is 0. The molecule has 0 bridgehead atoms. The van der Waals surface area contributed by atoms with Crippen LogP contribution in [0.3, 0.4) is 0 Å². The van der Waals surface area contributed by atoms with Gasteiger partial charge in [0.2, 0.25) is 0 Å². The van der Waals surface area contributed by atoms with Crippen LogP contribution in [0, 0.1) is 0 Å². The molecule has 0 radical (unpaired) electrons. The fraction of sp³-hybridized carbons (Fsp3) is 0. The van der Waals surface area contributed by atoms with E-state index < -0.39 is 0 Å². The molecule has 0 spiro atoms. The van der Waals surface area contributed by atoms with Crippen molar-refractivity contribution >= 4 is 16.7 Å². The lowest BCUT2D eigenvalue weighted by Crippen LogP contribution is -2.02. The van der Waals surface area contributed by atoms with Crippen LogP contribution in [0.5, 0.6) is 17.2 Å². The minimum absolute atomic E-state index is 0.0813. The van der Waals surface area contributed by atoms with E-state index in [-0.39, 0.29) is 27.8 Å². The van der Waals surface area contributed by atoms with Gasteiger partial charge >= 0.3 is 0 Å². The van der Waals surface area contributed by atoms with E-state index in [9.17, 15) is 9.90 Å². The largest absolute Gasteiger partial charge is 0.505 e. The zero-order valence-electron chi connectivity index (χ0n) is 13.7. The maximum Gasteiger partial charge on any atom is 0.197 e. The molecule has 1 heterocycles. The summed E-state index contributed by atoms with van der Waals surface area (Å²) in [5.41, 5.74) is 6.43. The third-order valence-electron chi connectivity index (χ3n) is 4.02. The average Bonchev–Trinajstić information content (AvgIpc) is 2.66. The summed E-state index contributed by atoms with van der Waals surface area (Å²) in [5, 5.41) is 10.1. The standard InChI is InChI=1S/C21H15NO4/c22-16-10-11-18-20(21(16)24)17(23)12-19(26-18)13-6-8-15(9-7-13)25-14-4-2-1-3-5-14/h1-12,24H,22H2. The Labute approximate surface area is 148 Å². The smallest absolute Gasteiger partial charge is 0.197 e. The molecular formula is C21H15NO4. The van der Waals surface area contributed by atoms with Gasteiger partial charge in [0.15, 0.2) is 11.2 Å². The predicted molar refractivity (Wildman–Crippen MR) is 101 cm³/mol. The maximum absolute atomic E-state index is 12.4. The van der Waals surface area contributed by atoms with Gasteiger partial charge in [-0.3, -0.25) is 4.79 Å². The molecule has 4 rings (SSSR count). The zero-order chi connectivity index (χ0) is 18.1. The molecule has 0 unspecified atom stereocenters. The monoisotopic (exact) mass is 345 g/mol. The number of phenols is 1. The van der Waals surface area contributed by atoms with E-state index in [0.717, 1.165) is 11.3 Å². The van der Waals surface area contributed by atoms with E-state index in [4.69, 9.17) is 14.9 Å². The van der Waals surface area contributed by atoms with Crippen molar-refractivity contribution in [3.63, 3.8) is 0 Å². The first-order valence-electron chi connectivity index (χ1n) is 8.00. The summed E-state index contributed by atoms with van der Waals surface area (Å²) >= 11 is 0. The highest BCUT2D eigenvalue weighted by Crippen LogP contribution is 2.31. The van der Waals surface area contributed by atoms with Crippen LogP contribution in [0.15, 0.2) is 82.0 Å². The van der Waals surface area contributed by atoms with Gasteiger partial charge in [0, 0.05) is 11.6 Å². The van der Waals surface area contributed by atoms with Gasteiger partial charge in [0.1, 0.15) is 28.2 Å². The molecule has 3 aromatic carbocycles. The Kier molecular flexibility index (Phi) is 3.82. The molecule has 5 nitrogen and oxygen atoms in total. The molecule has 0 amide bonds. The number of hydrogen-bond acceptors (Lipinski definition) is 5. The second-order valence-corrected chi connectivity index (χ2v) is 5.79. The van der Waals surface area contributed by atoms with Crippen molar-refractivity contribution in [1.82, 2.24) is 0 Å². The van der Waals surface area contributed by atoms with Crippen LogP contribution < -0.4 is 15.9 Å². The Balaban J connectivity index is 1.69. The lowest BCUT2D eigenvalue weighted by molar-refractivity contribution is 0.482. The van der Waals surface area contributed by atoms with Crippen molar-refractivity contribution in [2.45, 2.75) is 0 Å². The molecule has 26 heavy (non-hydrogen) atoms. The van der Waals surface area contributed by atoms with Gasteiger partial charge in [-0.1, -0.05) is 18.2 Å². The molecule has 3 N–H and O–H groups in total. The number of benzene rings is 3. The van der Waals surface area contributed by atoms with Crippen molar-refractivity contribution in [3.8, 4) is 28.6 Å². The van der Waals surface area contributed by atoms with Crippen LogP contribution in [0.4, 0.5) is 5.69 Å². The number of nitrogens with two attached hydrogens (primary N) is 1. The minimum Gasteiger partial charge on any atom is -0.505 e. The summed E-state index contributed by atoms with van der Waals surface area (Å²) in [6.07, 6.45) is 0. The van der Waals surface area contributed by atoms with Crippen LogP contribution in [0.25, 0.3) is 22.3 Å². The Morgan fingerprint density at radius 3 is 2.31 bits per heavy atom. The Morgan fingerprint density at radius 1 is 0.885 bits per heavy atom. The van der Waals surface area contributed by atoms with Crippen LogP contribution >= 0.6 is 0 Å². The van der Waals surface area contributed by atoms with Crippen molar-refractivity contribution in [3.05, 3.63) is 83.0 Å². The summed E-state index contributed by atoms with van der Waals surface area (Å²) in [6, 6.07) is 21.1. The summed E-state index contributed by atoms with van der Waals surface area (Å²) in [5.74, 6) is 1.56. The van der Waals surface area contributed by atoms with Crippen LogP contribution in [0.1, 0.15) is 0 Å². The number of anilines is 1. The van der Waals surface area contributed by atoms with Gasteiger partial charge in [-0.2, -0.15) is 0 Å². The lowest BCUT2D eigenvalue weighted by atomic mass is 10.1. The highest BCUT2D eigenvalue weighted by Gasteiger charge is 2.12. The van der Waals surface area contributed by atoms with Gasteiger partial charge in [0.25, 0.3) is 0 Å². The first-order valence-corrected chi connectivity index (χ1v) is 8.00. The van der Waals surface area contributed by atoms with Crippen LogP contribution in [-0.2, 0) is 0 Å². The Hall–Kier alpha value is -3.73. The second kappa shape index (κ2) is 6.29. The number of nitrogen functional groups attached to an aromatic ring is 1. The number of aromatic hydroxyl groups is 1. The highest BCUT2D eigenvalue weighted by atomic mass is 16.5. The average molecular weight is 345 g/mol. The summed E-state index contributed by atoms with van der Waals surface area (Å²) in [4.78, 5) is 12.4. The molecule has 0 aliphatic rings. The Morgan fingerprint density at radius 2 is 1.58 bits per heavy atom. The summed E-state index contributed by atoms with van der Waals surface area (Å²) in [7, 11) is 0. The third kappa shape index (κ3) is 2.86. The molecule has 0 saturated heterocycles. The van der Waals surface area contributed by atoms with Gasteiger partial charge in [-0.05, 0) is 48.5 Å². The van der Waals surface area contributed by atoms with Gasteiger partial charge < -0.3 is 20.0 Å². The van der Waals surface area contributed by atoms with E-state index in [1.54, 1.807) is 30.3 Å². The molecule has 128 valence electrons. The molecule has 1 aromatic heterocycles. The first kappa shape index (κ1) is 15.8. The van der Waals surface area contributed by atoms with Crippen molar-refractivity contribution in [2.24, 2.45) is 0 Å². The van der Waals surface area contributed by atoms with E-state index in [1.165, 1.54) is 12.1 Å². The fourth-order valence-electron chi connectivity index (χ4n) is 2.71. The fourth-order valence-corrected chi connectivity index (χ4v) is 2.71. The number of ether oxygens (including phenoxy) is 1. The van der Waals surface area contributed by atoms with E-state index in [2.05, 4.69) is 0 Å². The van der Waals surface area contributed by atoms with E-state index in [0.29, 0.717) is 11.5 Å². The van der Waals surface area contributed by atoms with Gasteiger partial charge in [-0.25, -0.2) is 0 Å². The first-order chi connectivity index (χ1) is 12.6. The number of rotatable bonds is 3. The number of para-hydroxylation sites is 1. The molecular weight excluding hydrogens is 330 g/mol. The Bertz CT molecular complexity index is 1130. The van der Waals surface area contributed by atoms with Gasteiger partial charge in [0.05, 0.1) is 5.69 Å². The van der Waals surface area contributed by atoms with Crippen molar-refractivity contribution in [2.75, 3.05) is 5.73 Å². The normalized spacial score (nSPS) is 10.8. The highest BCUT2D eigenvalue weighted by molar-refractivity contribution is 5.89. The minimum atomic E-state index is -0.351. The number of fused-ring (bicyclic) bond motifs is 1. The van der Waals surface area contributed by atoms with Crippen LogP contribution in [0.2, 0.25) is 0 Å². The SMILES string of the molecule is Nc1ccc2oc(-c3ccc(Oc4ccccc4)cc3)cc(=O)c2c1O. The molecule has 0 aliphatic carbocycles. The topological polar surface area (TPSA) is 85.7 Å². The maximum atomic E-state index is 12.4. The molecule has 0 fully saturated rings. The lowest BCUT2D eigenvalue weighted by Gasteiger charge is -2.08. The zero-order valence-corrected chi connectivity index (χ0v) is 13.7. The molecule has 5 heteroatoms. The molecule has 0 aliphatic heterocycles. The summed E-state index contributed by atoms with van der Waals surface area (Å²) < 4.78 is 11.5. The van der Waals surface area contributed by atoms with Gasteiger partial charge in [-0.15, -0.1) is 0 Å².